The van der Waals surface area contributed by atoms with Crippen LogP contribution in [0.5, 0.6) is 5.75 Å². The molecule has 2 aromatic carbocycles. The number of ether oxygens (including phenoxy) is 1. The minimum atomic E-state index is -5.34. The number of carbonyl (C=O) groups is 2. The summed E-state index contributed by atoms with van der Waals surface area (Å²) in [5, 5.41) is 14.3. The number of hydrogen-bond donors (Lipinski definition) is 1. The van der Waals surface area contributed by atoms with E-state index < -0.39 is 40.8 Å². The molecule has 1 unspecified atom stereocenters. The Morgan fingerprint density at radius 2 is 1.41 bits per heavy atom. The molecule has 0 saturated carbocycles. The maximum Gasteiger partial charge on any atom is 0.439 e. The largest absolute Gasteiger partial charge is 0.491 e. The lowest BCUT2D eigenvalue weighted by molar-refractivity contribution is -0.194. The molecule has 1 aliphatic rings. The molecule has 0 aromatic heterocycles. The average molecular weight is 578 g/mol. The number of hydrogen-bond acceptors (Lipinski definition) is 7. The summed E-state index contributed by atoms with van der Waals surface area (Å²) in [6.45, 7) is 2.52. The molecule has 222 valence electrons. The van der Waals surface area contributed by atoms with Crippen LogP contribution in [0.25, 0.3) is 0 Å². The predicted octanol–water partition coefficient (Wildman–Crippen LogP) is 8.65. The molecular weight excluding hydrogens is 542 g/mol. The van der Waals surface area contributed by atoms with Crippen LogP contribution < -0.4 is 10.1 Å². The molecule has 1 aliphatic heterocycles. The van der Waals surface area contributed by atoms with Gasteiger partial charge in [0.2, 0.25) is 5.91 Å². The standard InChI is InChI=1S/C29H35F4N5O3/c1-2-3-4-5-6-7-8-9-10-15-20-41-24-19-14-13-18-23(24)34-27(40)25(26(39)21-16-11-12-17-22(21)30)28(29(31,32)33)35-37-38-36-28/h11-14,16-19,25H,2-10,15,20H2,1H3,(H,34,40). The second-order valence-corrected chi connectivity index (χ2v) is 9.90. The Bertz CT molecular complexity index is 1210. The number of ketones is 1. The third kappa shape index (κ3) is 8.40. The van der Waals surface area contributed by atoms with E-state index in [0.29, 0.717) is 6.61 Å². The van der Waals surface area contributed by atoms with Crippen molar-refractivity contribution in [2.75, 3.05) is 11.9 Å². The molecule has 2 aromatic rings. The van der Waals surface area contributed by atoms with Gasteiger partial charge in [-0.1, -0.05) is 89.0 Å². The van der Waals surface area contributed by atoms with Crippen molar-refractivity contribution >= 4 is 17.4 Å². The van der Waals surface area contributed by atoms with E-state index in [1.54, 1.807) is 18.2 Å². The van der Waals surface area contributed by atoms with Crippen molar-refractivity contribution in [2.45, 2.75) is 83.0 Å². The molecule has 41 heavy (non-hydrogen) atoms. The molecule has 0 aliphatic carbocycles. The Kier molecular flexibility index (Phi) is 11.9. The van der Waals surface area contributed by atoms with Crippen LogP contribution >= 0.6 is 0 Å². The normalized spacial score (nSPS) is 14.7. The van der Waals surface area contributed by atoms with Gasteiger partial charge in [-0.3, -0.25) is 9.59 Å². The number of halogens is 4. The minimum absolute atomic E-state index is 0.0418. The Balaban J connectivity index is 1.68. The number of amides is 1. The molecule has 12 heteroatoms. The van der Waals surface area contributed by atoms with Gasteiger partial charge < -0.3 is 10.1 Å². The van der Waals surface area contributed by atoms with Crippen molar-refractivity contribution in [2.24, 2.45) is 26.6 Å². The van der Waals surface area contributed by atoms with E-state index in [1.807, 2.05) is 0 Å². The van der Waals surface area contributed by atoms with Crippen LogP contribution in [0.3, 0.4) is 0 Å². The van der Waals surface area contributed by atoms with Crippen molar-refractivity contribution in [3.63, 3.8) is 0 Å². The second-order valence-electron chi connectivity index (χ2n) is 9.90. The van der Waals surface area contributed by atoms with E-state index in [0.717, 1.165) is 37.8 Å². The van der Waals surface area contributed by atoms with Gasteiger partial charge in [-0.15, -0.1) is 10.2 Å². The van der Waals surface area contributed by atoms with E-state index in [-0.39, 0.29) is 11.4 Å². The van der Waals surface area contributed by atoms with Gasteiger partial charge in [-0.25, -0.2) is 4.39 Å². The van der Waals surface area contributed by atoms with E-state index in [2.05, 4.69) is 32.9 Å². The monoisotopic (exact) mass is 577 g/mol. The van der Waals surface area contributed by atoms with Crippen molar-refractivity contribution in [1.82, 2.24) is 0 Å². The molecule has 0 radical (unpaired) electrons. The van der Waals surface area contributed by atoms with Gasteiger partial charge in [0, 0.05) is 0 Å². The van der Waals surface area contributed by atoms with Crippen molar-refractivity contribution in [1.29, 1.82) is 0 Å². The Hall–Kier alpha value is -3.70. The molecule has 1 amide bonds. The summed E-state index contributed by atoms with van der Waals surface area (Å²) >= 11 is 0. The molecular formula is C29H35F4N5O3. The number of anilines is 1. The van der Waals surface area contributed by atoms with Crippen LogP contribution in [-0.2, 0) is 4.79 Å². The number of benzene rings is 2. The zero-order chi connectivity index (χ0) is 29.7. The first-order chi connectivity index (χ1) is 19.7. The Labute approximate surface area is 236 Å². The number of alkyl halides is 3. The lowest BCUT2D eigenvalue weighted by Gasteiger charge is -2.29. The number of para-hydroxylation sites is 2. The van der Waals surface area contributed by atoms with E-state index in [9.17, 15) is 27.2 Å². The summed E-state index contributed by atoms with van der Waals surface area (Å²) in [7, 11) is 0. The number of rotatable bonds is 17. The molecule has 1 atom stereocenters. The Morgan fingerprint density at radius 3 is 2.02 bits per heavy atom. The number of carbonyl (C=O) groups excluding carboxylic acids is 2. The van der Waals surface area contributed by atoms with Crippen LogP contribution in [0.1, 0.15) is 81.5 Å². The van der Waals surface area contributed by atoms with Crippen LogP contribution in [-0.4, -0.2) is 30.1 Å². The molecule has 0 fully saturated rings. The zero-order valence-corrected chi connectivity index (χ0v) is 23.0. The summed E-state index contributed by atoms with van der Waals surface area (Å²) in [5.41, 5.74) is -4.33. The average Bonchev–Trinajstić information content (AvgIpc) is 3.44. The first-order valence-electron chi connectivity index (χ1n) is 13.9. The number of nitrogens with one attached hydrogen (secondary N) is 1. The highest BCUT2D eigenvalue weighted by Crippen LogP contribution is 2.45. The quantitative estimate of drug-likeness (QED) is 0.0880. The minimum Gasteiger partial charge on any atom is -0.491 e. The first-order valence-corrected chi connectivity index (χ1v) is 13.9. The maximum atomic E-state index is 14.4. The maximum absolute atomic E-state index is 14.4. The molecule has 8 nitrogen and oxygen atoms in total. The lowest BCUT2D eigenvalue weighted by Crippen LogP contribution is -2.54. The molecule has 1 heterocycles. The molecule has 1 N–H and O–H groups in total. The van der Waals surface area contributed by atoms with Gasteiger partial charge in [0.05, 0.1) is 17.9 Å². The van der Waals surface area contributed by atoms with Gasteiger partial charge >= 0.3 is 11.8 Å². The summed E-state index contributed by atoms with van der Waals surface area (Å²) < 4.78 is 63.0. The van der Waals surface area contributed by atoms with Gasteiger partial charge in [0.25, 0.3) is 0 Å². The highest BCUT2D eigenvalue weighted by Gasteiger charge is 2.68. The van der Waals surface area contributed by atoms with E-state index >= 15 is 0 Å². The van der Waals surface area contributed by atoms with Crippen molar-refractivity contribution < 1.29 is 31.9 Å². The zero-order valence-electron chi connectivity index (χ0n) is 23.0. The SMILES string of the molecule is CCCCCCCCCCCCOc1ccccc1NC(=O)C(C(=O)c1ccccc1F)C1(C(F)(F)F)N=NN=N1. The Morgan fingerprint density at radius 1 is 0.854 bits per heavy atom. The van der Waals surface area contributed by atoms with Gasteiger partial charge in [-0.05, 0) is 41.1 Å². The fraction of sp³-hybridized carbons (Fsp3) is 0.517. The van der Waals surface area contributed by atoms with Crippen molar-refractivity contribution in [3.8, 4) is 5.75 Å². The number of nitrogens with zero attached hydrogens (tertiary/aromatic N) is 4. The first kappa shape index (κ1) is 31.8. The van der Waals surface area contributed by atoms with Crippen molar-refractivity contribution in [3.05, 3.63) is 59.9 Å². The highest BCUT2D eigenvalue weighted by molar-refractivity contribution is 6.15. The number of Topliss-reactive ketones (excluding diaryl/α,β-unsaturated/α-hetero) is 1. The molecule has 0 bridgehead atoms. The summed E-state index contributed by atoms with van der Waals surface area (Å²) in [6, 6.07) is 10.6. The van der Waals surface area contributed by atoms with E-state index in [4.69, 9.17) is 4.74 Å². The molecule has 0 spiro atoms. The van der Waals surface area contributed by atoms with Crippen LogP contribution in [0.4, 0.5) is 23.2 Å². The van der Waals surface area contributed by atoms with E-state index in [1.165, 1.54) is 56.7 Å². The summed E-state index contributed by atoms with van der Waals surface area (Å²) in [6.07, 6.45) is 6.07. The summed E-state index contributed by atoms with van der Waals surface area (Å²) in [4.78, 5) is 26.6. The third-order valence-corrected chi connectivity index (χ3v) is 6.82. The van der Waals surface area contributed by atoms with Gasteiger partial charge in [0.15, 0.2) is 11.7 Å². The number of unbranched alkanes of at least 4 members (excludes halogenated alkanes) is 9. The lowest BCUT2D eigenvalue weighted by atomic mass is 9.84. The second kappa shape index (κ2) is 15.3. The fourth-order valence-electron chi connectivity index (χ4n) is 4.56. The fourth-order valence-corrected chi connectivity index (χ4v) is 4.56. The highest BCUT2D eigenvalue weighted by atomic mass is 19.4. The summed E-state index contributed by atoms with van der Waals surface area (Å²) in [5.74, 6) is -6.42. The smallest absolute Gasteiger partial charge is 0.439 e. The molecule has 0 saturated heterocycles. The molecule has 3 rings (SSSR count). The third-order valence-electron chi connectivity index (χ3n) is 6.82. The topological polar surface area (TPSA) is 105 Å². The van der Waals surface area contributed by atoms with Crippen LogP contribution in [0.2, 0.25) is 0 Å². The van der Waals surface area contributed by atoms with Gasteiger partial charge in [-0.2, -0.15) is 13.2 Å². The van der Waals surface area contributed by atoms with Crippen LogP contribution in [0.15, 0.2) is 69.2 Å². The van der Waals surface area contributed by atoms with Crippen LogP contribution in [0, 0.1) is 11.7 Å². The van der Waals surface area contributed by atoms with Gasteiger partial charge in [0.1, 0.15) is 11.6 Å². The predicted molar refractivity (Wildman–Crippen MR) is 145 cm³/mol.